The number of amides is 1. The number of aliphatic carboxylic acids is 1. The molecule has 1 aliphatic rings. The highest BCUT2D eigenvalue weighted by molar-refractivity contribution is 5.85. The topological polar surface area (TPSA) is 102 Å². The van der Waals surface area contributed by atoms with Crippen molar-refractivity contribution in [2.24, 2.45) is 0 Å². The molecule has 0 fully saturated rings. The van der Waals surface area contributed by atoms with Crippen LogP contribution in [0.25, 0.3) is 11.1 Å². The van der Waals surface area contributed by atoms with E-state index in [2.05, 4.69) is 5.32 Å². The number of benzene rings is 3. The van der Waals surface area contributed by atoms with Crippen molar-refractivity contribution in [3.63, 3.8) is 0 Å². The standard InChI is InChI=1S/C28H27NO6/c1-18(15-19-9-3-2-4-10-19)35-26(30)16-25(27(31)32)29-28(33)34-17-24-22-13-7-5-11-20(22)21-12-6-8-14-23(21)24/h2-14,18,24-25H,15-17H2,1H3,(H,29,33)(H,31,32). The van der Waals surface area contributed by atoms with Crippen LogP contribution in [0.3, 0.4) is 0 Å². The predicted molar refractivity (Wildman–Crippen MR) is 130 cm³/mol. The summed E-state index contributed by atoms with van der Waals surface area (Å²) in [5.74, 6) is -2.20. The lowest BCUT2D eigenvalue weighted by molar-refractivity contribution is -0.152. The molecule has 2 unspecified atom stereocenters. The van der Waals surface area contributed by atoms with Gasteiger partial charge in [-0.15, -0.1) is 0 Å². The molecule has 180 valence electrons. The first-order valence-electron chi connectivity index (χ1n) is 11.5. The Bertz CT molecular complexity index is 1160. The number of ether oxygens (including phenoxy) is 2. The Hall–Kier alpha value is -4.13. The first-order chi connectivity index (χ1) is 16.9. The molecular formula is C28H27NO6. The third kappa shape index (κ3) is 5.87. The number of esters is 1. The molecule has 1 aliphatic carbocycles. The predicted octanol–water partition coefficient (Wildman–Crippen LogP) is 4.54. The Labute approximate surface area is 203 Å². The molecule has 0 spiro atoms. The van der Waals surface area contributed by atoms with Gasteiger partial charge in [-0.1, -0.05) is 78.9 Å². The van der Waals surface area contributed by atoms with Gasteiger partial charge in [0.05, 0.1) is 6.42 Å². The molecule has 7 nitrogen and oxygen atoms in total. The second-order valence-corrected chi connectivity index (χ2v) is 8.56. The number of hydrogen-bond donors (Lipinski definition) is 2. The summed E-state index contributed by atoms with van der Waals surface area (Å²) in [5.41, 5.74) is 5.28. The molecule has 0 aliphatic heterocycles. The van der Waals surface area contributed by atoms with Crippen LogP contribution in [0.5, 0.6) is 0 Å². The lowest BCUT2D eigenvalue weighted by atomic mass is 9.98. The molecular weight excluding hydrogens is 446 g/mol. The zero-order valence-corrected chi connectivity index (χ0v) is 19.3. The van der Waals surface area contributed by atoms with Crippen LogP contribution < -0.4 is 5.32 Å². The van der Waals surface area contributed by atoms with Gasteiger partial charge in [0.2, 0.25) is 0 Å². The second-order valence-electron chi connectivity index (χ2n) is 8.56. The van der Waals surface area contributed by atoms with Gasteiger partial charge in [0.25, 0.3) is 0 Å². The first-order valence-corrected chi connectivity index (χ1v) is 11.5. The minimum absolute atomic E-state index is 0.0464. The van der Waals surface area contributed by atoms with Crippen LogP contribution in [0.4, 0.5) is 4.79 Å². The van der Waals surface area contributed by atoms with Crippen molar-refractivity contribution in [2.45, 2.75) is 37.8 Å². The van der Waals surface area contributed by atoms with E-state index in [-0.39, 0.29) is 12.5 Å². The van der Waals surface area contributed by atoms with Crippen LogP contribution in [-0.4, -0.2) is 41.9 Å². The third-order valence-corrected chi connectivity index (χ3v) is 6.00. The van der Waals surface area contributed by atoms with E-state index in [0.717, 1.165) is 27.8 Å². The molecule has 0 bridgehead atoms. The number of carbonyl (C=O) groups is 3. The second kappa shape index (κ2) is 10.9. The molecule has 0 heterocycles. The van der Waals surface area contributed by atoms with Crippen molar-refractivity contribution < 1.29 is 29.0 Å². The lowest BCUT2D eigenvalue weighted by Crippen LogP contribution is -2.43. The molecule has 3 aromatic rings. The van der Waals surface area contributed by atoms with E-state index in [1.807, 2.05) is 78.9 Å². The van der Waals surface area contributed by atoms with Gasteiger partial charge >= 0.3 is 18.0 Å². The fraction of sp³-hybridized carbons (Fsp3) is 0.250. The highest BCUT2D eigenvalue weighted by Gasteiger charge is 2.30. The van der Waals surface area contributed by atoms with Crippen molar-refractivity contribution in [2.75, 3.05) is 6.61 Å². The summed E-state index contributed by atoms with van der Waals surface area (Å²) in [4.78, 5) is 36.4. The summed E-state index contributed by atoms with van der Waals surface area (Å²) in [6.07, 6.45) is -1.33. The highest BCUT2D eigenvalue weighted by atomic mass is 16.6. The summed E-state index contributed by atoms with van der Waals surface area (Å²) < 4.78 is 10.7. The van der Waals surface area contributed by atoms with Crippen LogP contribution in [0.15, 0.2) is 78.9 Å². The Morgan fingerprint density at radius 3 is 2.06 bits per heavy atom. The largest absolute Gasteiger partial charge is 0.480 e. The van der Waals surface area contributed by atoms with Crippen LogP contribution in [-0.2, 0) is 25.5 Å². The Morgan fingerprint density at radius 1 is 0.886 bits per heavy atom. The van der Waals surface area contributed by atoms with E-state index in [1.54, 1.807) is 6.92 Å². The van der Waals surface area contributed by atoms with E-state index in [9.17, 15) is 19.5 Å². The van der Waals surface area contributed by atoms with Crippen molar-refractivity contribution >= 4 is 18.0 Å². The quantitative estimate of drug-likeness (QED) is 0.443. The molecule has 7 heteroatoms. The monoisotopic (exact) mass is 473 g/mol. The normalized spacial score (nSPS) is 13.7. The molecule has 0 saturated heterocycles. The number of nitrogens with one attached hydrogen (secondary N) is 1. The van der Waals surface area contributed by atoms with Crippen LogP contribution in [0.2, 0.25) is 0 Å². The Balaban J connectivity index is 1.31. The average molecular weight is 474 g/mol. The van der Waals surface area contributed by atoms with E-state index < -0.39 is 36.6 Å². The van der Waals surface area contributed by atoms with Gasteiger partial charge in [-0.3, -0.25) is 4.79 Å². The van der Waals surface area contributed by atoms with Gasteiger partial charge in [-0.2, -0.15) is 0 Å². The van der Waals surface area contributed by atoms with Gasteiger partial charge in [-0.05, 0) is 34.7 Å². The summed E-state index contributed by atoms with van der Waals surface area (Å²) in [7, 11) is 0. The zero-order valence-electron chi connectivity index (χ0n) is 19.3. The molecule has 0 aromatic heterocycles. The molecule has 1 amide bonds. The molecule has 3 aromatic carbocycles. The number of carbonyl (C=O) groups excluding carboxylic acids is 2. The lowest BCUT2D eigenvalue weighted by Gasteiger charge is -2.18. The van der Waals surface area contributed by atoms with E-state index in [0.29, 0.717) is 6.42 Å². The van der Waals surface area contributed by atoms with Crippen molar-refractivity contribution in [1.82, 2.24) is 5.32 Å². The summed E-state index contributed by atoms with van der Waals surface area (Å²) >= 11 is 0. The summed E-state index contributed by atoms with van der Waals surface area (Å²) in [6, 6.07) is 23.9. The Morgan fingerprint density at radius 2 is 1.46 bits per heavy atom. The van der Waals surface area contributed by atoms with Crippen LogP contribution in [0, 0.1) is 0 Å². The SMILES string of the molecule is CC(Cc1ccccc1)OC(=O)CC(NC(=O)OCC1c2ccccc2-c2ccccc21)C(=O)O. The van der Waals surface area contributed by atoms with E-state index >= 15 is 0 Å². The maximum absolute atomic E-state index is 12.4. The summed E-state index contributed by atoms with van der Waals surface area (Å²) in [6.45, 7) is 1.78. The van der Waals surface area contributed by atoms with E-state index in [1.165, 1.54) is 0 Å². The number of hydrogen-bond acceptors (Lipinski definition) is 5. The molecule has 2 N–H and O–H groups in total. The number of rotatable bonds is 9. The van der Waals surface area contributed by atoms with Gasteiger partial charge in [-0.25, -0.2) is 9.59 Å². The van der Waals surface area contributed by atoms with Crippen molar-refractivity contribution in [1.29, 1.82) is 0 Å². The van der Waals surface area contributed by atoms with Gasteiger partial charge < -0.3 is 19.9 Å². The van der Waals surface area contributed by atoms with Crippen LogP contribution >= 0.6 is 0 Å². The summed E-state index contributed by atoms with van der Waals surface area (Å²) in [5, 5.41) is 11.8. The number of carboxylic acids is 1. The van der Waals surface area contributed by atoms with Crippen molar-refractivity contribution in [3.05, 3.63) is 95.6 Å². The fourth-order valence-electron chi connectivity index (χ4n) is 4.41. The molecule has 4 rings (SSSR count). The zero-order chi connectivity index (χ0) is 24.8. The average Bonchev–Trinajstić information content (AvgIpc) is 3.16. The molecule has 35 heavy (non-hydrogen) atoms. The molecule has 0 radical (unpaired) electrons. The van der Waals surface area contributed by atoms with E-state index in [4.69, 9.17) is 9.47 Å². The molecule has 2 atom stereocenters. The molecule has 0 saturated carbocycles. The maximum atomic E-state index is 12.4. The fourth-order valence-corrected chi connectivity index (χ4v) is 4.41. The van der Waals surface area contributed by atoms with Crippen LogP contribution in [0.1, 0.15) is 36.0 Å². The third-order valence-electron chi connectivity index (χ3n) is 6.00. The van der Waals surface area contributed by atoms with Gasteiger partial charge in [0, 0.05) is 12.3 Å². The highest BCUT2D eigenvalue weighted by Crippen LogP contribution is 2.44. The van der Waals surface area contributed by atoms with Gasteiger partial charge in [0.1, 0.15) is 18.8 Å². The number of carboxylic acid groups (broad SMARTS) is 1. The smallest absolute Gasteiger partial charge is 0.407 e. The van der Waals surface area contributed by atoms with Gasteiger partial charge in [0.15, 0.2) is 0 Å². The number of alkyl carbamates (subject to hydrolysis) is 1. The minimum Gasteiger partial charge on any atom is -0.480 e. The van der Waals surface area contributed by atoms with Crippen molar-refractivity contribution in [3.8, 4) is 11.1 Å². The first kappa shape index (κ1) is 24.0. The maximum Gasteiger partial charge on any atom is 0.407 e. The number of fused-ring (bicyclic) bond motifs is 3. The minimum atomic E-state index is -1.46. The Kier molecular flexibility index (Phi) is 7.45.